The Morgan fingerprint density at radius 3 is 2.33 bits per heavy atom. The van der Waals surface area contributed by atoms with E-state index in [1.165, 1.54) is 5.56 Å². The maximum atomic E-state index is 13.0. The summed E-state index contributed by atoms with van der Waals surface area (Å²) in [5.41, 5.74) is 3.45. The highest BCUT2D eigenvalue weighted by Gasteiger charge is 2.27. The smallest absolute Gasteiger partial charge is 0.274 e. The monoisotopic (exact) mass is 569 g/mol. The van der Waals surface area contributed by atoms with Gasteiger partial charge in [0.05, 0.1) is 42.6 Å². The summed E-state index contributed by atoms with van der Waals surface area (Å²) in [6, 6.07) is 11.8. The highest BCUT2D eigenvalue weighted by molar-refractivity contribution is 6.32. The van der Waals surface area contributed by atoms with E-state index in [9.17, 15) is 4.79 Å². The minimum absolute atomic E-state index is 0.219. The number of rotatable bonds is 14. The van der Waals surface area contributed by atoms with Gasteiger partial charge in [-0.3, -0.25) is 9.69 Å². The van der Waals surface area contributed by atoms with Crippen LogP contribution in [0.1, 0.15) is 62.5 Å². The lowest BCUT2D eigenvalue weighted by Gasteiger charge is -2.26. The van der Waals surface area contributed by atoms with E-state index in [1.807, 2.05) is 25.1 Å². The fraction of sp³-hybridized carbons (Fsp3) is 0.484. The second kappa shape index (κ2) is 15.1. The molecule has 1 fully saturated rings. The molecule has 0 atom stereocenters. The number of hydrogen-bond donors (Lipinski definition) is 1. The van der Waals surface area contributed by atoms with Crippen LogP contribution >= 0.6 is 11.6 Å². The molecule has 2 heterocycles. The summed E-state index contributed by atoms with van der Waals surface area (Å²) in [4.78, 5) is 15.4. The van der Waals surface area contributed by atoms with E-state index in [2.05, 4.69) is 41.4 Å². The van der Waals surface area contributed by atoms with Crippen molar-refractivity contribution in [2.45, 2.75) is 53.0 Å². The van der Waals surface area contributed by atoms with Crippen molar-refractivity contribution in [2.75, 3.05) is 46.1 Å². The van der Waals surface area contributed by atoms with Crippen LogP contribution in [-0.4, -0.2) is 62.0 Å². The highest BCUT2D eigenvalue weighted by Crippen LogP contribution is 2.44. The summed E-state index contributed by atoms with van der Waals surface area (Å²) >= 11 is 6.69. The van der Waals surface area contributed by atoms with Crippen molar-refractivity contribution in [1.82, 2.24) is 15.4 Å². The molecule has 1 aliphatic heterocycles. The number of nitrogens with zero attached hydrogens (tertiary/aromatic N) is 2. The average molecular weight is 570 g/mol. The Kier molecular flexibility index (Phi) is 11.3. The Morgan fingerprint density at radius 1 is 1.00 bits per heavy atom. The van der Waals surface area contributed by atoms with Crippen molar-refractivity contribution >= 4 is 17.5 Å². The number of amides is 1. The van der Waals surface area contributed by atoms with Crippen LogP contribution in [0.15, 0.2) is 40.9 Å². The van der Waals surface area contributed by atoms with E-state index in [0.29, 0.717) is 53.2 Å². The van der Waals surface area contributed by atoms with Crippen LogP contribution in [0, 0.1) is 0 Å². The number of aromatic nitrogens is 1. The molecule has 0 radical (unpaired) electrons. The molecule has 216 valence electrons. The predicted octanol–water partition coefficient (Wildman–Crippen LogP) is 6.60. The van der Waals surface area contributed by atoms with Gasteiger partial charge in [-0.15, -0.1) is 0 Å². The van der Waals surface area contributed by atoms with Crippen molar-refractivity contribution in [1.29, 1.82) is 0 Å². The van der Waals surface area contributed by atoms with Gasteiger partial charge in [0.15, 0.2) is 11.5 Å². The molecule has 0 bridgehead atoms. The first kappa shape index (κ1) is 29.9. The number of carbonyl (C=O) groups excluding carboxylic acids is 1. The lowest BCUT2D eigenvalue weighted by molar-refractivity contribution is 0.0342. The highest BCUT2D eigenvalue weighted by atomic mass is 35.5. The van der Waals surface area contributed by atoms with E-state index < -0.39 is 0 Å². The quantitative estimate of drug-likeness (QED) is 0.219. The fourth-order valence-corrected chi connectivity index (χ4v) is 4.75. The number of carbonyl (C=O) groups is 1. The van der Waals surface area contributed by atoms with Crippen LogP contribution in [0.4, 0.5) is 0 Å². The minimum atomic E-state index is -0.302. The van der Waals surface area contributed by atoms with E-state index in [4.69, 9.17) is 30.3 Å². The molecule has 1 aromatic heterocycles. The van der Waals surface area contributed by atoms with Crippen molar-refractivity contribution in [3.05, 3.63) is 52.7 Å². The maximum absolute atomic E-state index is 13.0. The van der Waals surface area contributed by atoms with Gasteiger partial charge >= 0.3 is 0 Å². The summed E-state index contributed by atoms with van der Waals surface area (Å²) in [6.07, 6.45) is 3.83. The van der Waals surface area contributed by atoms with E-state index in [1.54, 1.807) is 6.07 Å². The van der Waals surface area contributed by atoms with E-state index in [-0.39, 0.29) is 11.6 Å². The molecular formula is C31H40ClN3O5. The SMILES string of the molecule is CCCCOc1cc(OCCCC)c(-c2onc(C(=O)NCC)c2-c2ccc(CN3CCOCC3)cc2)cc1Cl. The molecule has 9 heteroatoms. The second-order valence-corrected chi connectivity index (χ2v) is 10.3. The fourth-order valence-electron chi connectivity index (χ4n) is 4.53. The van der Waals surface area contributed by atoms with Gasteiger partial charge < -0.3 is 24.1 Å². The summed E-state index contributed by atoms with van der Waals surface area (Å²) < 4.78 is 23.5. The zero-order valence-corrected chi connectivity index (χ0v) is 24.5. The van der Waals surface area contributed by atoms with Gasteiger partial charge in [-0.05, 0) is 37.0 Å². The van der Waals surface area contributed by atoms with Crippen molar-refractivity contribution in [2.24, 2.45) is 0 Å². The molecule has 3 aromatic rings. The zero-order valence-electron chi connectivity index (χ0n) is 23.8. The third-order valence-corrected chi connectivity index (χ3v) is 7.08. The van der Waals surface area contributed by atoms with Gasteiger partial charge in [0.1, 0.15) is 11.5 Å². The molecule has 0 unspecified atom stereocenters. The Morgan fingerprint density at radius 2 is 1.68 bits per heavy atom. The van der Waals surface area contributed by atoms with Crippen molar-refractivity contribution in [3.63, 3.8) is 0 Å². The Balaban J connectivity index is 1.74. The van der Waals surface area contributed by atoms with Crippen LogP contribution in [-0.2, 0) is 11.3 Å². The topological polar surface area (TPSA) is 86.1 Å². The lowest BCUT2D eigenvalue weighted by Crippen LogP contribution is -2.35. The largest absolute Gasteiger partial charge is 0.493 e. The first-order valence-corrected chi connectivity index (χ1v) is 14.7. The van der Waals surface area contributed by atoms with Crippen LogP contribution in [0.2, 0.25) is 5.02 Å². The van der Waals surface area contributed by atoms with Gasteiger partial charge in [-0.2, -0.15) is 0 Å². The number of halogens is 1. The van der Waals surface area contributed by atoms with Gasteiger partial charge in [0, 0.05) is 32.2 Å². The molecular weight excluding hydrogens is 530 g/mol. The lowest BCUT2D eigenvalue weighted by atomic mass is 9.97. The van der Waals surface area contributed by atoms with E-state index >= 15 is 0 Å². The normalized spacial score (nSPS) is 13.8. The predicted molar refractivity (Wildman–Crippen MR) is 157 cm³/mol. The molecule has 4 rings (SSSR count). The third kappa shape index (κ3) is 7.56. The van der Waals surface area contributed by atoms with Gasteiger partial charge in [0.2, 0.25) is 0 Å². The molecule has 0 spiro atoms. The Bertz CT molecular complexity index is 1240. The maximum Gasteiger partial charge on any atom is 0.274 e. The number of hydrogen-bond acceptors (Lipinski definition) is 7. The second-order valence-electron chi connectivity index (χ2n) is 9.86. The van der Waals surface area contributed by atoms with Gasteiger partial charge in [-0.1, -0.05) is 67.7 Å². The van der Waals surface area contributed by atoms with Crippen molar-refractivity contribution in [3.8, 4) is 33.9 Å². The molecule has 40 heavy (non-hydrogen) atoms. The summed E-state index contributed by atoms with van der Waals surface area (Å²) in [6.45, 7) is 11.8. The summed E-state index contributed by atoms with van der Waals surface area (Å²) in [7, 11) is 0. The molecule has 0 saturated carbocycles. The van der Waals surface area contributed by atoms with Gasteiger partial charge in [0.25, 0.3) is 5.91 Å². The number of unbranched alkanes of at least 4 members (excludes halogenated alkanes) is 2. The van der Waals surface area contributed by atoms with E-state index in [0.717, 1.165) is 64.1 Å². The summed E-state index contributed by atoms with van der Waals surface area (Å²) in [5, 5.41) is 7.51. The minimum Gasteiger partial charge on any atom is -0.493 e. The Labute approximate surface area is 241 Å². The van der Waals surface area contributed by atoms with Gasteiger partial charge in [-0.25, -0.2) is 0 Å². The van der Waals surface area contributed by atoms with Crippen LogP contribution in [0.3, 0.4) is 0 Å². The molecule has 1 N–H and O–H groups in total. The first-order valence-electron chi connectivity index (χ1n) is 14.3. The average Bonchev–Trinajstić information content (AvgIpc) is 3.41. The van der Waals surface area contributed by atoms with Crippen molar-refractivity contribution < 1.29 is 23.5 Å². The number of ether oxygens (including phenoxy) is 3. The number of morpholine rings is 1. The molecule has 1 aliphatic rings. The molecule has 1 amide bonds. The molecule has 8 nitrogen and oxygen atoms in total. The van der Waals surface area contributed by atoms with Crippen LogP contribution in [0.5, 0.6) is 11.5 Å². The first-order chi connectivity index (χ1) is 19.5. The number of nitrogens with one attached hydrogen (secondary N) is 1. The van der Waals surface area contributed by atoms with Crippen LogP contribution in [0.25, 0.3) is 22.5 Å². The zero-order chi connectivity index (χ0) is 28.3. The molecule has 2 aromatic carbocycles. The standard InChI is InChI=1S/C31H40ClN3O5/c1-4-7-15-38-26-20-27(39-16-8-5-2)25(32)19-24(26)30-28(29(34-40-30)31(36)33-6-3)23-11-9-22(10-12-23)21-35-13-17-37-18-14-35/h9-12,19-20H,4-8,13-18,21H2,1-3H3,(H,33,36). The summed E-state index contributed by atoms with van der Waals surface area (Å²) in [5.74, 6) is 1.26. The van der Waals surface area contributed by atoms with Crippen LogP contribution < -0.4 is 14.8 Å². The Hall–Kier alpha value is -3.07. The number of benzene rings is 2. The molecule has 0 aliphatic carbocycles. The third-order valence-electron chi connectivity index (χ3n) is 6.79. The molecule has 1 saturated heterocycles.